The normalized spacial score (nSPS) is 12.5. The molecule has 0 aromatic heterocycles. The molecule has 1 amide bonds. The second-order valence-electron chi connectivity index (χ2n) is 6.64. The van der Waals surface area contributed by atoms with Gasteiger partial charge in [0.15, 0.2) is 0 Å². The molecule has 0 saturated carbocycles. The van der Waals surface area contributed by atoms with E-state index in [1.54, 1.807) is 55.5 Å². The minimum atomic E-state index is -3.70. The number of nitrogens with one attached hydrogen (secondary N) is 1. The monoisotopic (exact) mass is 424 g/mol. The van der Waals surface area contributed by atoms with Crippen molar-refractivity contribution in [3.63, 3.8) is 0 Å². The maximum Gasteiger partial charge on any atom is 0.248 e. The first kappa shape index (κ1) is 22.0. The van der Waals surface area contributed by atoms with Crippen LogP contribution in [-0.4, -0.2) is 32.7 Å². The Bertz CT molecular complexity index is 914. The van der Waals surface area contributed by atoms with Crippen LogP contribution in [0.3, 0.4) is 0 Å². The summed E-state index contributed by atoms with van der Waals surface area (Å²) in [5.41, 5.74) is 0.914. The van der Waals surface area contributed by atoms with Crippen LogP contribution >= 0.6 is 11.6 Å². The number of rotatable bonds is 8. The Hall–Kier alpha value is -2.25. The van der Waals surface area contributed by atoms with Crippen molar-refractivity contribution in [2.24, 2.45) is 0 Å². The Morgan fingerprint density at radius 3 is 2.36 bits per heavy atom. The quantitative estimate of drug-likeness (QED) is 0.685. The van der Waals surface area contributed by atoms with E-state index in [0.29, 0.717) is 28.6 Å². The molecule has 0 aliphatic rings. The lowest BCUT2D eigenvalue weighted by atomic mass is 10.1. The molecule has 6 nitrogen and oxygen atoms in total. The highest BCUT2D eigenvalue weighted by Gasteiger charge is 2.31. The van der Waals surface area contributed by atoms with Gasteiger partial charge in [0.2, 0.25) is 15.9 Å². The summed E-state index contributed by atoms with van der Waals surface area (Å²) in [7, 11) is -3.70. The second kappa shape index (κ2) is 9.30. The number of carbonyl (C=O) groups is 1. The van der Waals surface area contributed by atoms with Crippen LogP contribution in [0, 0.1) is 0 Å². The lowest BCUT2D eigenvalue weighted by Crippen LogP contribution is -2.47. The van der Waals surface area contributed by atoms with Gasteiger partial charge in [-0.05, 0) is 56.7 Å². The van der Waals surface area contributed by atoms with Crippen LogP contribution in [0.2, 0.25) is 5.02 Å². The van der Waals surface area contributed by atoms with Gasteiger partial charge in [0, 0.05) is 16.8 Å². The van der Waals surface area contributed by atoms with Crippen molar-refractivity contribution in [1.29, 1.82) is 0 Å². The Morgan fingerprint density at radius 1 is 1.18 bits per heavy atom. The maximum absolute atomic E-state index is 12.9. The Kier molecular flexibility index (Phi) is 7.32. The minimum Gasteiger partial charge on any atom is -0.491 e. The van der Waals surface area contributed by atoms with Crippen LogP contribution in [0.15, 0.2) is 48.5 Å². The van der Waals surface area contributed by atoms with Crippen LogP contribution in [0.25, 0.3) is 0 Å². The minimum absolute atomic E-state index is 0.0000256. The largest absolute Gasteiger partial charge is 0.491 e. The Morgan fingerprint density at radius 2 is 1.82 bits per heavy atom. The van der Waals surface area contributed by atoms with Crippen LogP contribution < -0.4 is 14.4 Å². The second-order valence-corrected chi connectivity index (χ2v) is 8.94. The topological polar surface area (TPSA) is 75.7 Å². The van der Waals surface area contributed by atoms with Gasteiger partial charge >= 0.3 is 0 Å². The van der Waals surface area contributed by atoms with Crippen molar-refractivity contribution in [2.45, 2.75) is 39.3 Å². The molecule has 1 atom stereocenters. The fraction of sp³-hybridized carbons (Fsp3) is 0.350. The average molecular weight is 425 g/mol. The highest BCUT2D eigenvalue weighted by Crippen LogP contribution is 2.25. The fourth-order valence-corrected chi connectivity index (χ4v) is 4.13. The molecule has 2 aromatic rings. The summed E-state index contributed by atoms with van der Waals surface area (Å²) in [5.74, 6) is 0.197. The number of amides is 1. The number of hydrogen-bond acceptors (Lipinski definition) is 4. The first-order valence-corrected chi connectivity index (χ1v) is 11.2. The van der Waals surface area contributed by atoms with E-state index in [4.69, 9.17) is 16.3 Å². The third-order valence-corrected chi connectivity index (χ3v) is 5.32. The average Bonchev–Trinajstić information content (AvgIpc) is 2.59. The van der Waals surface area contributed by atoms with Gasteiger partial charge in [-0.1, -0.05) is 24.6 Å². The van der Waals surface area contributed by atoms with E-state index in [-0.39, 0.29) is 6.10 Å². The summed E-state index contributed by atoms with van der Waals surface area (Å²) in [6.07, 6.45) is 1.37. The molecule has 152 valence electrons. The van der Waals surface area contributed by atoms with Crippen LogP contribution in [-0.2, 0) is 14.8 Å². The smallest absolute Gasteiger partial charge is 0.248 e. The predicted octanol–water partition coefficient (Wildman–Crippen LogP) is 4.31. The van der Waals surface area contributed by atoms with Crippen LogP contribution in [0.5, 0.6) is 5.75 Å². The maximum atomic E-state index is 12.9. The molecule has 0 aliphatic carbocycles. The summed E-state index contributed by atoms with van der Waals surface area (Å²) in [4.78, 5) is 12.9. The lowest BCUT2D eigenvalue weighted by molar-refractivity contribution is -0.117. The van der Waals surface area contributed by atoms with Crippen molar-refractivity contribution in [2.75, 3.05) is 15.9 Å². The Labute approximate surface area is 171 Å². The van der Waals surface area contributed by atoms with E-state index >= 15 is 0 Å². The van der Waals surface area contributed by atoms with Crippen molar-refractivity contribution in [1.82, 2.24) is 0 Å². The summed E-state index contributed by atoms with van der Waals surface area (Å²) < 4.78 is 31.6. The SMILES string of the molecule is CCC(C(=O)Nc1cccc(OC(C)C)c1)N(c1ccc(Cl)cc1)S(C)(=O)=O. The number of halogens is 1. The molecule has 0 bridgehead atoms. The van der Waals surface area contributed by atoms with Gasteiger partial charge in [0.25, 0.3) is 0 Å². The zero-order valence-corrected chi connectivity index (χ0v) is 17.9. The highest BCUT2D eigenvalue weighted by molar-refractivity contribution is 7.92. The molecule has 0 spiro atoms. The molecule has 28 heavy (non-hydrogen) atoms. The molecular formula is C20H25ClN2O4S. The molecule has 2 aromatic carbocycles. The van der Waals surface area contributed by atoms with Crippen molar-refractivity contribution in [3.8, 4) is 5.75 Å². The molecule has 8 heteroatoms. The van der Waals surface area contributed by atoms with Crippen molar-refractivity contribution < 1.29 is 17.9 Å². The predicted molar refractivity (Wildman–Crippen MR) is 114 cm³/mol. The van der Waals surface area contributed by atoms with Crippen molar-refractivity contribution >= 4 is 38.9 Å². The van der Waals surface area contributed by atoms with Gasteiger partial charge in [-0.25, -0.2) is 8.42 Å². The zero-order valence-electron chi connectivity index (χ0n) is 16.3. The summed E-state index contributed by atoms with van der Waals surface area (Å²) in [5, 5.41) is 3.27. The number of nitrogens with zero attached hydrogens (tertiary/aromatic N) is 1. The third kappa shape index (κ3) is 5.87. The van der Waals surface area contributed by atoms with Gasteiger partial charge in [-0.2, -0.15) is 0 Å². The molecule has 1 N–H and O–H groups in total. The summed E-state index contributed by atoms with van der Waals surface area (Å²) in [6, 6.07) is 12.4. The molecule has 1 unspecified atom stereocenters. The first-order valence-electron chi connectivity index (χ1n) is 8.94. The van der Waals surface area contributed by atoms with E-state index in [9.17, 15) is 13.2 Å². The Balaban J connectivity index is 2.30. The van der Waals surface area contributed by atoms with Gasteiger partial charge < -0.3 is 10.1 Å². The first-order chi connectivity index (χ1) is 13.1. The number of anilines is 2. The van der Waals surface area contributed by atoms with E-state index in [1.165, 1.54) is 0 Å². The molecule has 0 heterocycles. The highest BCUT2D eigenvalue weighted by atomic mass is 35.5. The summed E-state index contributed by atoms with van der Waals surface area (Å²) >= 11 is 5.91. The van der Waals surface area contributed by atoms with Gasteiger partial charge in [0.05, 0.1) is 18.0 Å². The number of sulfonamides is 1. The number of hydrogen-bond donors (Lipinski definition) is 1. The standard InChI is InChI=1S/C20H25ClN2O4S/c1-5-19(23(28(4,25)26)17-11-9-15(21)10-12-17)20(24)22-16-7-6-8-18(13-16)27-14(2)3/h6-14,19H,5H2,1-4H3,(H,22,24). The lowest BCUT2D eigenvalue weighted by Gasteiger charge is -2.30. The number of ether oxygens (including phenoxy) is 1. The molecular weight excluding hydrogens is 400 g/mol. The van der Waals surface area contributed by atoms with Crippen LogP contribution in [0.4, 0.5) is 11.4 Å². The molecule has 0 saturated heterocycles. The molecule has 0 radical (unpaired) electrons. The zero-order chi connectivity index (χ0) is 20.9. The molecule has 0 aliphatic heterocycles. The molecule has 2 rings (SSSR count). The third-order valence-electron chi connectivity index (χ3n) is 3.88. The molecule has 0 fully saturated rings. The van der Waals surface area contributed by atoms with Gasteiger partial charge in [-0.15, -0.1) is 0 Å². The van der Waals surface area contributed by atoms with E-state index in [0.717, 1.165) is 10.6 Å². The van der Waals surface area contributed by atoms with Crippen LogP contribution in [0.1, 0.15) is 27.2 Å². The van der Waals surface area contributed by atoms with Gasteiger partial charge in [-0.3, -0.25) is 9.10 Å². The van der Waals surface area contributed by atoms with E-state index < -0.39 is 22.0 Å². The van der Waals surface area contributed by atoms with E-state index in [1.807, 2.05) is 13.8 Å². The fourth-order valence-electron chi connectivity index (χ4n) is 2.79. The number of carbonyl (C=O) groups excluding carboxylic acids is 1. The van der Waals surface area contributed by atoms with Crippen molar-refractivity contribution in [3.05, 3.63) is 53.6 Å². The van der Waals surface area contributed by atoms with E-state index in [2.05, 4.69) is 5.32 Å². The van der Waals surface area contributed by atoms with Gasteiger partial charge in [0.1, 0.15) is 11.8 Å². The number of benzene rings is 2. The summed E-state index contributed by atoms with van der Waals surface area (Å²) in [6.45, 7) is 5.58.